The SMILES string of the molecule is CCC(N)(CC)C(=O)Nc1cc([N+](=O)[O-])ccc1OC. The fourth-order valence-electron chi connectivity index (χ4n) is 1.73. The first-order chi connectivity index (χ1) is 9.37. The molecule has 1 aromatic carbocycles. The van der Waals surface area contributed by atoms with Crippen LogP contribution in [0, 0.1) is 10.1 Å². The molecule has 0 aromatic heterocycles. The fourth-order valence-corrected chi connectivity index (χ4v) is 1.73. The number of nitrogens with zero attached hydrogens (tertiary/aromatic N) is 1. The van der Waals surface area contributed by atoms with E-state index in [0.717, 1.165) is 0 Å². The molecule has 0 unspecified atom stereocenters. The maximum absolute atomic E-state index is 12.2. The van der Waals surface area contributed by atoms with Crippen molar-refractivity contribution in [2.24, 2.45) is 5.73 Å². The number of methoxy groups -OCH3 is 1. The van der Waals surface area contributed by atoms with E-state index >= 15 is 0 Å². The smallest absolute Gasteiger partial charge is 0.271 e. The lowest BCUT2D eigenvalue weighted by atomic mass is 9.93. The molecule has 1 aromatic rings. The third-order valence-electron chi connectivity index (χ3n) is 3.36. The molecule has 0 aliphatic rings. The molecular formula is C13H19N3O4. The number of rotatable bonds is 6. The molecule has 0 radical (unpaired) electrons. The van der Waals surface area contributed by atoms with Gasteiger partial charge in [0, 0.05) is 12.1 Å². The molecule has 0 saturated heterocycles. The molecule has 7 heteroatoms. The fraction of sp³-hybridized carbons (Fsp3) is 0.462. The molecule has 0 heterocycles. The van der Waals surface area contributed by atoms with Crippen LogP contribution in [0.2, 0.25) is 0 Å². The number of anilines is 1. The molecule has 1 amide bonds. The number of nitro groups is 1. The van der Waals surface area contributed by atoms with Crippen LogP contribution in [0.3, 0.4) is 0 Å². The molecule has 0 atom stereocenters. The van der Waals surface area contributed by atoms with E-state index in [9.17, 15) is 14.9 Å². The average molecular weight is 281 g/mol. The van der Waals surface area contributed by atoms with Gasteiger partial charge < -0.3 is 15.8 Å². The first-order valence-corrected chi connectivity index (χ1v) is 6.30. The zero-order valence-electron chi connectivity index (χ0n) is 11.8. The zero-order valence-corrected chi connectivity index (χ0v) is 11.8. The van der Waals surface area contributed by atoms with Crippen LogP contribution in [0.5, 0.6) is 5.75 Å². The summed E-state index contributed by atoms with van der Waals surface area (Å²) in [4.78, 5) is 22.4. The maximum Gasteiger partial charge on any atom is 0.271 e. The van der Waals surface area contributed by atoms with E-state index in [1.165, 1.54) is 25.3 Å². The van der Waals surface area contributed by atoms with Gasteiger partial charge >= 0.3 is 0 Å². The first-order valence-electron chi connectivity index (χ1n) is 6.30. The number of ether oxygens (including phenoxy) is 1. The highest BCUT2D eigenvalue weighted by Crippen LogP contribution is 2.29. The number of non-ortho nitro benzene ring substituents is 1. The Morgan fingerprint density at radius 2 is 2.05 bits per heavy atom. The van der Waals surface area contributed by atoms with Gasteiger partial charge in [-0.3, -0.25) is 14.9 Å². The van der Waals surface area contributed by atoms with E-state index in [1.54, 1.807) is 0 Å². The van der Waals surface area contributed by atoms with E-state index < -0.39 is 10.5 Å². The van der Waals surface area contributed by atoms with Crippen LogP contribution in [-0.4, -0.2) is 23.5 Å². The summed E-state index contributed by atoms with van der Waals surface area (Å²) in [5, 5.41) is 13.4. The number of carbonyl (C=O) groups excluding carboxylic acids is 1. The highest BCUT2D eigenvalue weighted by molar-refractivity contribution is 5.99. The van der Waals surface area contributed by atoms with Gasteiger partial charge in [-0.25, -0.2) is 0 Å². The van der Waals surface area contributed by atoms with Gasteiger partial charge in [-0.2, -0.15) is 0 Å². The lowest BCUT2D eigenvalue weighted by Gasteiger charge is -2.25. The van der Waals surface area contributed by atoms with Crippen molar-refractivity contribution in [3.05, 3.63) is 28.3 Å². The van der Waals surface area contributed by atoms with Gasteiger partial charge in [0.25, 0.3) is 5.69 Å². The zero-order chi connectivity index (χ0) is 15.3. The monoisotopic (exact) mass is 281 g/mol. The van der Waals surface area contributed by atoms with E-state index in [4.69, 9.17) is 10.5 Å². The Balaban J connectivity index is 3.10. The minimum atomic E-state index is -1.00. The Morgan fingerprint density at radius 1 is 1.45 bits per heavy atom. The molecule has 110 valence electrons. The molecule has 20 heavy (non-hydrogen) atoms. The second kappa shape index (κ2) is 6.33. The lowest BCUT2D eigenvalue weighted by molar-refractivity contribution is -0.384. The Morgan fingerprint density at radius 3 is 2.50 bits per heavy atom. The summed E-state index contributed by atoms with van der Waals surface area (Å²) < 4.78 is 5.08. The van der Waals surface area contributed by atoms with Crippen molar-refractivity contribution in [2.45, 2.75) is 32.2 Å². The molecule has 0 aliphatic carbocycles. The highest BCUT2D eigenvalue weighted by Gasteiger charge is 2.30. The van der Waals surface area contributed by atoms with Gasteiger partial charge in [0.05, 0.1) is 23.3 Å². The van der Waals surface area contributed by atoms with Crippen LogP contribution in [0.1, 0.15) is 26.7 Å². The minimum Gasteiger partial charge on any atom is -0.495 e. The number of benzene rings is 1. The summed E-state index contributed by atoms with van der Waals surface area (Å²) in [5.74, 6) is -0.0418. The molecular weight excluding hydrogens is 262 g/mol. The van der Waals surface area contributed by atoms with Crippen molar-refractivity contribution < 1.29 is 14.5 Å². The summed E-state index contributed by atoms with van der Waals surface area (Å²) in [6, 6.07) is 4.00. The Labute approximate surface area is 117 Å². The maximum atomic E-state index is 12.2. The van der Waals surface area contributed by atoms with E-state index in [-0.39, 0.29) is 17.3 Å². The summed E-state index contributed by atoms with van der Waals surface area (Å²) >= 11 is 0. The molecule has 3 N–H and O–H groups in total. The first kappa shape index (κ1) is 15.9. The van der Waals surface area contributed by atoms with Crippen molar-refractivity contribution in [1.29, 1.82) is 0 Å². The lowest BCUT2D eigenvalue weighted by Crippen LogP contribution is -2.50. The molecule has 0 spiro atoms. The molecule has 1 rings (SSSR count). The average Bonchev–Trinajstić information content (AvgIpc) is 2.46. The number of hydrogen-bond acceptors (Lipinski definition) is 5. The Bertz CT molecular complexity index is 512. The van der Waals surface area contributed by atoms with Crippen LogP contribution >= 0.6 is 0 Å². The molecule has 0 bridgehead atoms. The van der Waals surface area contributed by atoms with Crippen molar-refractivity contribution in [3.8, 4) is 5.75 Å². The summed E-state index contributed by atoms with van der Waals surface area (Å²) in [5.41, 5.74) is 5.10. The van der Waals surface area contributed by atoms with Gasteiger partial charge in [0.15, 0.2) is 0 Å². The van der Waals surface area contributed by atoms with Gasteiger partial charge in [0.2, 0.25) is 5.91 Å². The summed E-state index contributed by atoms with van der Waals surface area (Å²) in [7, 11) is 1.42. The second-order valence-electron chi connectivity index (χ2n) is 4.46. The van der Waals surface area contributed by atoms with Crippen molar-refractivity contribution >= 4 is 17.3 Å². The van der Waals surface area contributed by atoms with Crippen LogP contribution in [-0.2, 0) is 4.79 Å². The minimum absolute atomic E-state index is 0.128. The normalized spacial score (nSPS) is 11.0. The van der Waals surface area contributed by atoms with Crippen molar-refractivity contribution in [2.75, 3.05) is 12.4 Å². The number of nitrogens with one attached hydrogen (secondary N) is 1. The molecule has 0 aliphatic heterocycles. The van der Waals surface area contributed by atoms with E-state index in [1.807, 2.05) is 13.8 Å². The van der Waals surface area contributed by atoms with Gasteiger partial charge in [-0.1, -0.05) is 13.8 Å². The number of carbonyl (C=O) groups is 1. The number of hydrogen-bond donors (Lipinski definition) is 2. The summed E-state index contributed by atoms with van der Waals surface area (Å²) in [6.45, 7) is 3.63. The summed E-state index contributed by atoms with van der Waals surface area (Å²) in [6.07, 6.45) is 0.930. The van der Waals surface area contributed by atoms with Crippen molar-refractivity contribution in [1.82, 2.24) is 0 Å². The number of nitro benzene ring substituents is 1. The van der Waals surface area contributed by atoms with Gasteiger partial charge in [-0.15, -0.1) is 0 Å². The Hall–Kier alpha value is -2.15. The van der Waals surface area contributed by atoms with Gasteiger partial charge in [0.1, 0.15) is 5.75 Å². The van der Waals surface area contributed by atoms with Gasteiger partial charge in [-0.05, 0) is 18.9 Å². The highest BCUT2D eigenvalue weighted by atomic mass is 16.6. The van der Waals surface area contributed by atoms with Crippen LogP contribution in [0.4, 0.5) is 11.4 Å². The number of amides is 1. The topological polar surface area (TPSA) is 107 Å². The Kier molecular flexibility index (Phi) is 5.04. The molecule has 0 fully saturated rings. The van der Waals surface area contributed by atoms with Crippen LogP contribution in [0.15, 0.2) is 18.2 Å². The molecule has 0 saturated carbocycles. The predicted octanol–water partition coefficient (Wildman–Crippen LogP) is 2.06. The van der Waals surface area contributed by atoms with Crippen LogP contribution < -0.4 is 15.8 Å². The third kappa shape index (κ3) is 3.24. The van der Waals surface area contributed by atoms with E-state index in [0.29, 0.717) is 18.6 Å². The largest absolute Gasteiger partial charge is 0.495 e. The predicted molar refractivity (Wildman–Crippen MR) is 75.8 cm³/mol. The standard InChI is InChI=1S/C13H19N3O4/c1-4-13(14,5-2)12(17)15-10-8-9(16(18)19)6-7-11(10)20-3/h6-8H,4-5,14H2,1-3H3,(H,15,17). The van der Waals surface area contributed by atoms with Crippen molar-refractivity contribution in [3.63, 3.8) is 0 Å². The third-order valence-corrected chi connectivity index (χ3v) is 3.36. The molecule has 7 nitrogen and oxygen atoms in total. The van der Waals surface area contributed by atoms with E-state index in [2.05, 4.69) is 5.32 Å². The second-order valence-corrected chi connectivity index (χ2v) is 4.46. The number of nitrogens with two attached hydrogens (primary N) is 1. The van der Waals surface area contributed by atoms with Crippen LogP contribution in [0.25, 0.3) is 0 Å². The quantitative estimate of drug-likeness (QED) is 0.613.